The van der Waals surface area contributed by atoms with E-state index in [4.69, 9.17) is 5.73 Å². The molecule has 1 aromatic carbocycles. The molecule has 4 N–H and O–H groups in total. The second kappa shape index (κ2) is 8.09. The Labute approximate surface area is 104 Å². The summed E-state index contributed by atoms with van der Waals surface area (Å²) in [6.07, 6.45) is 4.37. The predicted octanol–water partition coefficient (Wildman–Crippen LogP) is 2.67. The summed E-state index contributed by atoms with van der Waals surface area (Å²) in [7, 11) is 0. The number of aliphatic hydroxyl groups excluding tert-OH is 1. The molecule has 1 atom stereocenters. The zero-order valence-electron chi connectivity index (χ0n) is 10.7. The smallest absolute Gasteiger partial charge is 0.0761 e. The Morgan fingerprint density at radius 3 is 2.35 bits per heavy atom. The molecule has 0 aromatic heterocycles. The topological polar surface area (TPSA) is 58.3 Å². The van der Waals surface area contributed by atoms with Crippen LogP contribution in [0.5, 0.6) is 0 Å². The molecule has 3 heteroatoms. The van der Waals surface area contributed by atoms with Crippen LogP contribution in [0.3, 0.4) is 0 Å². The van der Waals surface area contributed by atoms with Gasteiger partial charge in [-0.05, 0) is 44.0 Å². The number of anilines is 1. The molecule has 1 unspecified atom stereocenters. The molecule has 0 heterocycles. The van der Waals surface area contributed by atoms with Gasteiger partial charge in [-0.1, -0.05) is 25.0 Å². The highest BCUT2D eigenvalue weighted by Gasteiger charge is 1.99. The van der Waals surface area contributed by atoms with Gasteiger partial charge in [-0.3, -0.25) is 0 Å². The largest absolute Gasteiger partial charge is 0.389 e. The highest BCUT2D eigenvalue weighted by Crippen LogP contribution is 2.15. The third kappa shape index (κ3) is 5.71. The summed E-state index contributed by atoms with van der Waals surface area (Å²) in [5.74, 6) is 0. The summed E-state index contributed by atoms with van der Waals surface area (Å²) < 4.78 is 0. The van der Waals surface area contributed by atoms with E-state index < -0.39 is 0 Å². The zero-order valence-corrected chi connectivity index (χ0v) is 10.7. The molecule has 0 saturated carbocycles. The maximum absolute atomic E-state index is 9.38. The fourth-order valence-electron chi connectivity index (χ4n) is 1.74. The lowest BCUT2D eigenvalue weighted by atomic mass is 10.1. The molecule has 0 fully saturated rings. The van der Waals surface area contributed by atoms with Gasteiger partial charge in [0.05, 0.1) is 6.10 Å². The maximum atomic E-state index is 9.38. The maximum Gasteiger partial charge on any atom is 0.0761 e. The van der Waals surface area contributed by atoms with Crippen molar-refractivity contribution in [3.63, 3.8) is 0 Å². The Balaban J connectivity index is 2.19. The first-order valence-corrected chi connectivity index (χ1v) is 6.46. The normalized spacial score (nSPS) is 12.4. The predicted molar refractivity (Wildman–Crippen MR) is 73.1 cm³/mol. The van der Waals surface area contributed by atoms with Gasteiger partial charge in [0.15, 0.2) is 0 Å². The van der Waals surface area contributed by atoms with Gasteiger partial charge in [0.2, 0.25) is 0 Å². The first-order chi connectivity index (χ1) is 8.24. The number of rotatable bonds is 8. The Kier molecular flexibility index (Phi) is 6.67. The Bertz CT molecular complexity index is 296. The monoisotopic (exact) mass is 236 g/mol. The van der Waals surface area contributed by atoms with Gasteiger partial charge >= 0.3 is 0 Å². The second-order valence-corrected chi connectivity index (χ2v) is 4.43. The number of aliphatic hydroxyl groups is 1. The number of hydrogen-bond donors (Lipinski definition) is 3. The number of unbranched alkanes of at least 4 members (excludes halogenated alkanes) is 3. The van der Waals surface area contributed by atoms with Crippen molar-refractivity contribution in [2.75, 3.05) is 18.4 Å². The molecule has 96 valence electrons. The minimum atomic E-state index is -0.389. The van der Waals surface area contributed by atoms with Crippen LogP contribution in [-0.2, 0) is 0 Å². The van der Waals surface area contributed by atoms with Crippen LogP contribution in [0.4, 0.5) is 5.69 Å². The average Bonchev–Trinajstić information content (AvgIpc) is 2.34. The molecule has 0 radical (unpaired) electrons. The Morgan fingerprint density at radius 1 is 1.12 bits per heavy atom. The van der Waals surface area contributed by atoms with Crippen molar-refractivity contribution in [3.8, 4) is 0 Å². The molecule has 1 aromatic rings. The second-order valence-electron chi connectivity index (χ2n) is 4.43. The molecular formula is C14H24N2O. The Hall–Kier alpha value is -1.06. The van der Waals surface area contributed by atoms with E-state index in [1.54, 1.807) is 6.92 Å². The number of hydrogen-bond acceptors (Lipinski definition) is 3. The van der Waals surface area contributed by atoms with Crippen molar-refractivity contribution >= 4 is 5.69 Å². The molecular weight excluding hydrogens is 212 g/mol. The molecule has 0 aliphatic heterocycles. The molecule has 0 aliphatic carbocycles. The highest BCUT2D eigenvalue weighted by atomic mass is 16.3. The van der Waals surface area contributed by atoms with Gasteiger partial charge in [0.1, 0.15) is 0 Å². The van der Waals surface area contributed by atoms with E-state index in [0.29, 0.717) is 0 Å². The average molecular weight is 236 g/mol. The third-order valence-electron chi connectivity index (χ3n) is 2.85. The summed E-state index contributed by atoms with van der Waals surface area (Å²) in [5, 5.41) is 12.8. The van der Waals surface area contributed by atoms with Crippen LogP contribution in [0.25, 0.3) is 0 Å². The summed E-state index contributed by atoms with van der Waals surface area (Å²) in [6, 6.07) is 7.95. The SMILES string of the molecule is CC(O)c1ccc(NCCCCCCN)cc1. The summed E-state index contributed by atoms with van der Waals surface area (Å²) in [6.45, 7) is 3.58. The van der Waals surface area contributed by atoms with Crippen LogP contribution in [-0.4, -0.2) is 18.2 Å². The van der Waals surface area contributed by atoms with Crippen molar-refractivity contribution in [3.05, 3.63) is 29.8 Å². The van der Waals surface area contributed by atoms with E-state index in [-0.39, 0.29) is 6.10 Å². The number of benzene rings is 1. The molecule has 0 bridgehead atoms. The molecule has 0 aliphatic rings. The first kappa shape index (κ1) is 14.0. The summed E-state index contributed by atoms with van der Waals surface area (Å²) in [4.78, 5) is 0. The van der Waals surface area contributed by atoms with Gasteiger partial charge in [0, 0.05) is 12.2 Å². The fraction of sp³-hybridized carbons (Fsp3) is 0.571. The van der Waals surface area contributed by atoms with Gasteiger partial charge in [0.25, 0.3) is 0 Å². The summed E-state index contributed by atoms with van der Waals surface area (Å²) >= 11 is 0. The lowest BCUT2D eigenvalue weighted by Gasteiger charge is -2.08. The van der Waals surface area contributed by atoms with Crippen LogP contribution < -0.4 is 11.1 Å². The summed E-state index contributed by atoms with van der Waals surface area (Å²) in [5.41, 5.74) is 7.51. The van der Waals surface area contributed by atoms with Crippen molar-refractivity contribution < 1.29 is 5.11 Å². The minimum Gasteiger partial charge on any atom is -0.389 e. The molecule has 0 saturated heterocycles. The van der Waals surface area contributed by atoms with E-state index >= 15 is 0 Å². The van der Waals surface area contributed by atoms with Crippen LogP contribution in [0.2, 0.25) is 0 Å². The first-order valence-electron chi connectivity index (χ1n) is 6.46. The van der Waals surface area contributed by atoms with Gasteiger partial charge in [-0.15, -0.1) is 0 Å². The van der Waals surface area contributed by atoms with E-state index in [9.17, 15) is 5.11 Å². The van der Waals surface area contributed by atoms with Crippen LogP contribution >= 0.6 is 0 Å². The van der Waals surface area contributed by atoms with Crippen LogP contribution in [0.15, 0.2) is 24.3 Å². The van der Waals surface area contributed by atoms with Crippen molar-refractivity contribution in [2.24, 2.45) is 5.73 Å². The molecule has 3 nitrogen and oxygen atoms in total. The van der Waals surface area contributed by atoms with E-state index in [1.807, 2.05) is 24.3 Å². The molecule has 0 spiro atoms. The lowest BCUT2D eigenvalue weighted by molar-refractivity contribution is 0.199. The van der Waals surface area contributed by atoms with E-state index in [1.165, 1.54) is 19.3 Å². The molecule has 0 amide bonds. The van der Waals surface area contributed by atoms with Gasteiger partial charge < -0.3 is 16.2 Å². The van der Waals surface area contributed by atoms with Gasteiger partial charge in [-0.2, -0.15) is 0 Å². The Morgan fingerprint density at radius 2 is 1.76 bits per heavy atom. The third-order valence-corrected chi connectivity index (χ3v) is 2.85. The van der Waals surface area contributed by atoms with E-state index in [0.717, 1.165) is 30.8 Å². The number of nitrogens with one attached hydrogen (secondary N) is 1. The van der Waals surface area contributed by atoms with Crippen molar-refractivity contribution in [1.82, 2.24) is 0 Å². The standard InChI is InChI=1S/C14H24N2O/c1-12(17)13-6-8-14(9-7-13)16-11-5-3-2-4-10-15/h6-9,12,16-17H,2-5,10-11,15H2,1H3. The number of nitrogens with two attached hydrogens (primary N) is 1. The highest BCUT2D eigenvalue weighted by molar-refractivity contribution is 5.44. The fourth-order valence-corrected chi connectivity index (χ4v) is 1.74. The molecule has 17 heavy (non-hydrogen) atoms. The van der Waals surface area contributed by atoms with Crippen molar-refractivity contribution in [2.45, 2.75) is 38.7 Å². The minimum absolute atomic E-state index is 0.389. The zero-order chi connectivity index (χ0) is 12.5. The van der Waals surface area contributed by atoms with Gasteiger partial charge in [-0.25, -0.2) is 0 Å². The van der Waals surface area contributed by atoms with E-state index in [2.05, 4.69) is 5.32 Å². The van der Waals surface area contributed by atoms with Crippen LogP contribution in [0, 0.1) is 0 Å². The quantitative estimate of drug-likeness (QED) is 0.608. The molecule has 1 rings (SSSR count). The van der Waals surface area contributed by atoms with Crippen LogP contribution in [0.1, 0.15) is 44.3 Å². The van der Waals surface area contributed by atoms with Crippen molar-refractivity contribution in [1.29, 1.82) is 0 Å². The lowest BCUT2D eigenvalue weighted by Crippen LogP contribution is -2.03.